The Morgan fingerprint density at radius 3 is 2.78 bits per heavy atom. The molecule has 2 saturated heterocycles. The Hall–Kier alpha value is -0.860. The summed E-state index contributed by atoms with van der Waals surface area (Å²) < 4.78 is 36.1. The first kappa shape index (κ1) is 13.6. The zero-order chi connectivity index (χ0) is 13.4. The van der Waals surface area contributed by atoms with E-state index in [1.807, 2.05) is 11.8 Å². The number of hydrogen-bond acceptors (Lipinski definition) is 3. The van der Waals surface area contributed by atoms with Gasteiger partial charge in [-0.25, -0.2) is 8.42 Å². The smallest absolute Gasteiger partial charge is 0.158 e. The van der Waals surface area contributed by atoms with Crippen LogP contribution in [0.25, 0.3) is 0 Å². The third-order valence-electron chi connectivity index (χ3n) is 3.87. The second-order valence-corrected chi connectivity index (χ2v) is 7.70. The predicted octanol–water partition coefficient (Wildman–Crippen LogP) is 1.02. The third-order valence-corrected chi connectivity index (χ3v) is 6.48. The first-order valence-corrected chi connectivity index (χ1v) is 7.71. The molecular weight excluding hydrogens is 253 g/mol. The van der Waals surface area contributed by atoms with Gasteiger partial charge in [-0.15, -0.1) is 0 Å². The van der Waals surface area contributed by atoms with Gasteiger partial charge in [0.25, 0.3) is 0 Å². The lowest BCUT2D eigenvalue weighted by Gasteiger charge is -2.48. The molecule has 100 valence electrons. The lowest BCUT2D eigenvalue weighted by Crippen LogP contribution is -2.67. The van der Waals surface area contributed by atoms with E-state index in [2.05, 4.69) is 18.4 Å². The quantitative estimate of drug-likeness (QED) is 0.704. The van der Waals surface area contributed by atoms with Crippen LogP contribution in [0.3, 0.4) is 0 Å². The molecule has 1 spiro atoms. The minimum atomic E-state index is -3.13. The number of likely N-dealkylation sites (tertiary alicyclic amines) is 1. The molecule has 2 fully saturated rings. The maximum Gasteiger partial charge on any atom is 0.158 e. The lowest BCUT2D eigenvalue weighted by molar-refractivity contribution is 0.0888. The second kappa shape index (κ2) is 4.67. The molecule has 18 heavy (non-hydrogen) atoms. The number of halogens is 1. The molecule has 2 rings (SSSR count). The summed E-state index contributed by atoms with van der Waals surface area (Å²) in [5.41, 5.74) is 0.792. The van der Waals surface area contributed by atoms with E-state index in [1.54, 1.807) is 0 Å². The standard InChI is InChI=1S/C13H18FNO2S/c1-11(2)4-3-6-15-9-13(10-15)12(8-14)5-7-18(13,16)17/h12H,1,5-10H2,2H3. The Balaban J connectivity index is 2.01. The van der Waals surface area contributed by atoms with E-state index in [4.69, 9.17) is 0 Å². The number of hydrogen-bond donors (Lipinski definition) is 0. The fourth-order valence-electron chi connectivity index (χ4n) is 2.82. The molecule has 0 N–H and O–H groups in total. The molecule has 2 aliphatic rings. The van der Waals surface area contributed by atoms with Gasteiger partial charge < -0.3 is 0 Å². The summed E-state index contributed by atoms with van der Waals surface area (Å²) >= 11 is 0. The summed E-state index contributed by atoms with van der Waals surface area (Å²) in [7, 11) is -3.13. The lowest BCUT2D eigenvalue weighted by atomic mass is 9.84. The number of sulfone groups is 1. The van der Waals surface area contributed by atoms with Crippen molar-refractivity contribution >= 4 is 9.84 Å². The van der Waals surface area contributed by atoms with Crippen LogP contribution in [0.4, 0.5) is 4.39 Å². The van der Waals surface area contributed by atoms with Gasteiger partial charge >= 0.3 is 0 Å². The Morgan fingerprint density at radius 2 is 2.22 bits per heavy atom. The molecule has 0 saturated carbocycles. The van der Waals surface area contributed by atoms with Crippen LogP contribution in [0.5, 0.6) is 0 Å². The molecule has 0 radical (unpaired) electrons. The maximum atomic E-state index is 12.9. The normalized spacial score (nSPS) is 28.4. The summed E-state index contributed by atoms with van der Waals surface area (Å²) in [6.07, 6.45) is 0.462. The topological polar surface area (TPSA) is 37.4 Å². The van der Waals surface area contributed by atoms with Crippen molar-refractivity contribution in [1.82, 2.24) is 4.90 Å². The summed E-state index contributed by atoms with van der Waals surface area (Å²) in [6.45, 7) is 6.35. The van der Waals surface area contributed by atoms with Crippen LogP contribution in [-0.2, 0) is 9.84 Å². The van der Waals surface area contributed by atoms with E-state index in [0.29, 0.717) is 26.1 Å². The number of rotatable bonds is 2. The van der Waals surface area contributed by atoms with Crippen molar-refractivity contribution in [2.24, 2.45) is 5.92 Å². The largest absolute Gasteiger partial charge is 0.289 e. The van der Waals surface area contributed by atoms with Crippen molar-refractivity contribution in [3.05, 3.63) is 12.2 Å². The zero-order valence-electron chi connectivity index (χ0n) is 10.6. The van der Waals surface area contributed by atoms with Crippen LogP contribution in [0.1, 0.15) is 13.3 Å². The van der Waals surface area contributed by atoms with Gasteiger partial charge in [0.2, 0.25) is 0 Å². The molecule has 0 aromatic rings. The number of nitrogens with zero attached hydrogens (tertiary/aromatic N) is 1. The SMILES string of the molecule is C=C(C)C#CCN1CC2(C1)C(CF)CCS2(=O)=O. The average Bonchev–Trinajstić information content (AvgIpc) is 2.49. The van der Waals surface area contributed by atoms with Gasteiger partial charge in [0.1, 0.15) is 4.75 Å². The van der Waals surface area contributed by atoms with Gasteiger partial charge in [0, 0.05) is 19.0 Å². The number of allylic oxidation sites excluding steroid dienone is 1. The van der Waals surface area contributed by atoms with Gasteiger partial charge in [0.05, 0.1) is 19.0 Å². The highest BCUT2D eigenvalue weighted by molar-refractivity contribution is 7.93. The molecule has 0 bridgehead atoms. The minimum absolute atomic E-state index is 0.132. The highest BCUT2D eigenvalue weighted by atomic mass is 32.2. The summed E-state index contributed by atoms with van der Waals surface area (Å²) in [5.74, 6) is 5.61. The van der Waals surface area contributed by atoms with Crippen LogP contribution in [-0.4, -0.2) is 50.1 Å². The summed E-state index contributed by atoms with van der Waals surface area (Å²) in [4.78, 5) is 1.96. The Bertz CT molecular complexity index is 509. The van der Waals surface area contributed by atoms with Crippen molar-refractivity contribution in [2.45, 2.75) is 18.1 Å². The molecule has 1 unspecified atom stereocenters. The highest BCUT2D eigenvalue weighted by Gasteiger charge is 2.61. The van der Waals surface area contributed by atoms with Crippen LogP contribution < -0.4 is 0 Å². The monoisotopic (exact) mass is 271 g/mol. The molecule has 2 aliphatic heterocycles. The van der Waals surface area contributed by atoms with Gasteiger partial charge in [-0.3, -0.25) is 9.29 Å². The molecule has 0 aromatic heterocycles. The van der Waals surface area contributed by atoms with Gasteiger partial charge in [-0.05, 0) is 18.9 Å². The van der Waals surface area contributed by atoms with Crippen molar-refractivity contribution in [2.75, 3.05) is 32.1 Å². The zero-order valence-corrected chi connectivity index (χ0v) is 11.4. The molecular formula is C13H18FNO2S. The maximum absolute atomic E-state index is 12.9. The van der Waals surface area contributed by atoms with Crippen molar-refractivity contribution < 1.29 is 12.8 Å². The molecule has 5 heteroatoms. The fraction of sp³-hybridized carbons (Fsp3) is 0.692. The molecule has 3 nitrogen and oxygen atoms in total. The fourth-order valence-corrected chi connectivity index (χ4v) is 5.26. The van der Waals surface area contributed by atoms with Crippen molar-refractivity contribution in [3.63, 3.8) is 0 Å². The Kier molecular flexibility index (Phi) is 3.52. The molecule has 0 amide bonds. The van der Waals surface area contributed by atoms with Gasteiger partial charge in [-0.1, -0.05) is 18.4 Å². The second-order valence-electron chi connectivity index (χ2n) is 5.25. The average molecular weight is 271 g/mol. The first-order chi connectivity index (χ1) is 8.41. The van der Waals surface area contributed by atoms with Crippen molar-refractivity contribution in [1.29, 1.82) is 0 Å². The van der Waals surface area contributed by atoms with E-state index in [1.165, 1.54) is 0 Å². The number of alkyl halides is 1. The van der Waals surface area contributed by atoms with Gasteiger partial charge in [0.15, 0.2) is 9.84 Å². The molecule has 0 aliphatic carbocycles. The van der Waals surface area contributed by atoms with Crippen LogP contribution in [0, 0.1) is 17.8 Å². The Labute approximate surface area is 108 Å². The van der Waals surface area contributed by atoms with E-state index in [-0.39, 0.29) is 11.7 Å². The summed E-state index contributed by atoms with van der Waals surface area (Å²) in [5, 5.41) is 0. The van der Waals surface area contributed by atoms with E-state index in [9.17, 15) is 12.8 Å². The van der Waals surface area contributed by atoms with E-state index >= 15 is 0 Å². The van der Waals surface area contributed by atoms with Gasteiger partial charge in [-0.2, -0.15) is 0 Å². The Morgan fingerprint density at radius 1 is 1.56 bits per heavy atom. The first-order valence-electron chi connectivity index (χ1n) is 6.06. The molecule has 1 atom stereocenters. The highest BCUT2D eigenvalue weighted by Crippen LogP contribution is 2.44. The predicted molar refractivity (Wildman–Crippen MR) is 69.6 cm³/mol. The van der Waals surface area contributed by atoms with E-state index in [0.717, 1.165) is 5.57 Å². The molecule has 2 heterocycles. The molecule has 0 aromatic carbocycles. The van der Waals surface area contributed by atoms with Crippen molar-refractivity contribution in [3.8, 4) is 11.8 Å². The third kappa shape index (κ3) is 2.08. The van der Waals surface area contributed by atoms with Crippen LogP contribution in [0.15, 0.2) is 12.2 Å². The van der Waals surface area contributed by atoms with Crippen LogP contribution >= 0.6 is 0 Å². The van der Waals surface area contributed by atoms with Crippen LogP contribution in [0.2, 0.25) is 0 Å². The summed E-state index contributed by atoms with van der Waals surface area (Å²) in [6, 6.07) is 0. The van der Waals surface area contributed by atoms with E-state index < -0.39 is 21.3 Å². The minimum Gasteiger partial charge on any atom is -0.289 e.